The second-order valence-corrected chi connectivity index (χ2v) is 2.89. The van der Waals surface area contributed by atoms with Crippen molar-refractivity contribution in [3.63, 3.8) is 0 Å². The molecule has 0 spiro atoms. The predicted octanol–water partition coefficient (Wildman–Crippen LogP) is -7.82. The molecule has 0 aromatic rings. The van der Waals surface area contributed by atoms with Crippen LogP contribution in [-0.4, -0.2) is 44.1 Å². The van der Waals surface area contributed by atoms with Crippen LogP contribution in [0.2, 0.25) is 0 Å². The van der Waals surface area contributed by atoms with Crippen LogP contribution in [0.5, 0.6) is 0 Å². The van der Waals surface area contributed by atoms with Gasteiger partial charge in [0.25, 0.3) is 0 Å². The molecular formula is AlBF2O6Si2. The summed E-state index contributed by atoms with van der Waals surface area (Å²) in [5.74, 6) is 0. The molecule has 0 aliphatic heterocycles. The first-order chi connectivity index (χ1) is 4.00. The molecule has 0 aromatic carbocycles. The van der Waals surface area contributed by atoms with Crippen molar-refractivity contribution in [2.75, 3.05) is 0 Å². The van der Waals surface area contributed by atoms with E-state index in [1.54, 1.807) is 0 Å². The Balaban J connectivity index is -0.0000000457. The fourth-order valence-electron chi connectivity index (χ4n) is 0. The second-order valence-electron chi connectivity index (χ2n) is 0.963. The molecule has 0 atom stereocenters. The van der Waals surface area contributed by atoms with Crippen LogP contribution < -0.4 is 28.8 Å². The van der Waals surface area contributed by atoms with Crippen molar-refractivity contribution < 1.29 is 37.0 Å². The SMILES string of the molecule is [Al+3].[B+3].[O-][Si]([O-])([O-])F.[O-][Si]([O-])([O-])F. The number of hydrogen-bond acceptors (Lipinski definition) is 6. The van der Waals surface area contributed by atoms with Gasteiger partial charge in [0.1, 0.15) is 0 Å². The molecule has 0 aliphatic carbocycles. The van der Waals surface area contributed by atoms with E-state index in [1.165, 1.54) is 0 Å². The van der Waals surface area contributed by atoms with E-state index in [-0.39, 0.29) is 25.8 Å². The van der Waals surface area contributed by atoms with Crippen LogP contribution in [0, 0.1) is 0 Å². The Morgan fingerprint density at radius 3 is 0.667 bits per heavy atom. The Kier molecular flexibility index (Phi) is 15.8. The monoisotopic (exact) mass is 228 g/mol. The van der Waals surface area contributed by atoms with Crippen molar-refractivity contribution >= 4 is 44.1 Å². The van der Waals surface area contributed by atoms with Crippen LogP contribution in [0.15, 0.2) is 0 Å². The zero-order valence-corrected chi connectivity index (χ0v) is 8.51. The van der Waals surface area contributed by atoms with Gasteiger partial charge in [0.2, 0.25) is 0 Å². The van der Waals surface area contributed by atoms with Gasteiger partial charge >= 0.3 is 25.8 Å². The molecule has 64 valence electrons. The van der Waals surface area contributed by atoms with Crippen LogP contribution in [0.4, 0.5) is 8.22 Å². The van der Waals surface area contributed by atoms with Gasteiger partial charge in [-0.2, -0.15) is 0 Å². The molecule has 0 aliphatic rings. The Bertz CT molecular complexity index is 66.5. The van der Waals surface area contributed by atoms with Gasteiger partial charge in [0, 0.05) is 0 Å². The Labute approximate surface area is 81.5 Å². The minimum absolute atomic E-state index is 0. The number of hydrogen-bond donors (Lipinski definition) is 0. The van der Waals surface area contributed by atoms with Gasteiger partial charge in [0.05, 0.1) is 0 Å². The van der Waals surface area contributed by atoms with Gasteiger partial charge in [-0.3, -0.25) is 0 Å². The van der Waals surface area contributed by atoms with E-state index in [2.05, 4.69) is 0 Å². The van der Waals surface area contributed by atoms with E-state index in [1.807, 2.05) is 0 Å². The molecule has 0 aromatic heterocycles. The molecule has 0 bridgehead atoms. The van der Waals surface area contributed by atoms with Gasteiger partial charge in [-0.15, -0.1) is 0 Å². The molecule has 0 saturated heterocycles. The molecule has 0 heterocycles. The Morgan fingerprint density at radius 1 is 0.667 bits per heavy atom. The molecule has 12 heavy (non-hydrogen) atoms. The summed E-state index contributed by atoms with van der Waals surface area (Å²) in [6.07, 6.45) is 0. The normalized spacial score (nSPS) is 10.0. The van der Waals surface area contributed by atoms with E-state index < -0.39 is 18.3 Å². The predicted molar refractivity (Wildman–Crippen MR) is 25.2 cm³/mol. The first-order valence-corrected chi connectivity index (χ1v) is 4.81. The summed E-state index contributed by atoms with van der Waals surface area (Å²) in [5.41, 5.74) is 0. The van der Waals surface area contributed by atoms with E-state index in [9.17, 15) is 8.22 Å². The van der Waals surface area contributed by atoms with Crippen LogP contribution in [0.25, 0.3) is 0 Å². The molecule has 0 amide bonds. The van der Waals surface area contributed by atoms with Crippen molar-refractivity contribution in [3.05, 3.63) is 0 Å². The standard InChI is InChI=1S/Al.B.2FO3Si/c;;2*1-5(2,3)4/q2*+3;2*-3. The van der Waals surface area contributed by atoms with Crippen molar-refractivity contribution in [1.82, 2.24) is 0 Å². The molecule has 0 saturated carbocycles. The fourth-order valence-corrected chi connectivity index (χ4v) is 0. The maximum Gasteiger partial charge on any atom is 3.00 e. The molecule has 0 rings (SSSR count). The van der Waals surface area contributed by atoms with Crippen LogP contribution >= 0.6 is 0 Å². The second kappa shape index (κ2) is 8.26. The third kappa shape index (κ3) is 2340. The average Bonchev–Trinajstić information content (AvgIpc) is 1.12. The summed E-state index contributed by atoms with van der Waals surface area (Å²) in [5, 5.41) is 0. The van der Waals surface area contributed by atoms with E-state index in [0.29, 0.717) is 0 Å². The van der Waals surface area contributed by atoms with Crippen LogP contribution in [0.3, 0.4) is 0 Å². The summed E-state index contributed by atoms with van der Waals surface area (Å²) in [6.45, 7) is 0. The molecule has 0 radical (unpaired) electrons. The number of halogens is 2. The van der Waals surface area contributed by atoms with Crippen molar-refractivity contribution in [2.24, 2.45) is 0 Å². The first-order valence-electron chi connectivity index (χ1n) is 1.60. The molecule has 12 heteroatoms. The van der Waals surface area contributed by atoms with Crippen molar-refractivity contribution in [3.8, 4) is 0 Å². The third-order valence-corrected chi connectivity index (χ3v) is 0. The van der Waals surface area contributed by atoms with Gasteiger partial charge in [0.15, 0.2) is 0 Å². The van der Waals surface area contributed by atoms with Crippen LogP contribution in [0.1, 0.15) is 0 Å². The molecule has 0 fully saturated rings. The van der Waals surface area contributed by atoms with Crippen LogP contribution in [-0.2, 0) is 0 Å². The average molecular weight is 228 g/mol. The topological polar surface area (TPSA) is 138 Å². The first kappa shape index (κ1) is 22.9. The zero-order valence-electron chi connectivity index (χ0n) is 5.36. The summed E-state index contributed by atoms with van der Waals surface area (Å²) >= 11 is 0. The largest absolute Gasteiger partial charge is 3.00 e. The molecule has 6 nitrogen and oxygen atoms in total. The minimum Gasteiger partial charge on any atom is -0.857 e. The quantitative estimate of drug-likeness (QED) is 0.298. The maximum absolute atomic E-state index is 10.2. The van der Waals surface area contributed by atoms with Gasteiger partial charge in [-0.25, -0.2) is 0 Å². The minimum atomic E-state index is -5.86. The number of rotatable bonds is 0. The van der Waals surface area contributed by atoms with E-state index >= 15 is 0 Å². The Hall–Kier alpha value is 0.651. The summed E-state index contributed by atoms with van der Waals surface area (Å²) < 4.78 is 20.3. The summed E-state index contributed by atoms with van der Waals surface area (Å²) in [7, 11) is -11.7. The third-order valence-electron chi connectivity index (χ3n) is 0. The maximum atomic E-state index is 10.2. The fraction of sp³-hybridized carbons (Fsp3) is 0. The van der Waals surface area contributed by atoms with Gasteiger partial charge in [-0.05, 0) is 0 Å². The summed E-state index contributed by atoms with van der Waals surface area (Å²) in [6, 6.07) is 0. The zero-order chi connectivity index (χ0) is 9.00. The van der Waals surface area contributed by atoms with Gasteiger partial charge < -0.3 is 37.0 Å². The van der Waals surface area contributed by atoms with Crippen molar-refractivity contribution in [1.29, 1.82) is 0 Å². The smallest absolute Gasteiger partial charge is 0.857 e. The van der Waals surface area contributed by atoms with Gasteiger partial charge in [-0.1, -0.05) is 18.3 Å². The molecular weight excluding hydrogens is 228 g/mol. The van der Waals surface area contributed by atoms with E-state index in [0.717, 1.165) is 0 Å². The van der Waals surface area contributed by atoms with E-state index in [4.69, 9.17) is 28.8 Å². The van der Waals surface area contributed by atoms with Crippen molar-refractivity contribution in [2.45, 2.75) is 0 Å². The molecule has 0 unspecified atom stereocenters. The summed E-state index contributed by atoms with van der Waals surface area (Å²) in [4.78, 5) is 50.8. The molecule has 0 N–H and O–H groups in total. The Morgan fingerprint density at radius 2 is 0.667 bits per heavy atom.